The summed E-state index contributed by atoms with van der Waals surface area (Å²) in [6, 6.07) is 4.64. The molecular weight excluding hydrogens is 234 g/mol. The number of carbonyl (C=O) groups is 1. The zero-order valence-electron chi connectivity index (χ0n) is 10.7. The Morgan fingerprint density at radius 3 is 2.72 bits per heavy atom. The summed E-state index contributed by atoms with van der Waals surface area (Å²) in [5.74, 6) is -0.492. The van der Waals surface area contributed by atoms with Gasteiger partial charge >= 0.3 is 0 Å². The first-order chi connectivity index (χ1) is 8.45. The Balaban J connectivity index is 2.92. The highest BCUT2D eigenvalue weighted by Crippen LogP contribution is 2.25. The molecule has 1 unspecified atom stereocenters. The first-order valence-corrected chi connectivity index (χ1v) is 5.66. The van der Waals surface area contributed by atoms with Crippen LogP contribution in [0.2, 0.25) is 0 Å². The van der Waals surface area contributed by atoms with E-state index in [9.17, 15) is 14.9 Å². The Bertz CT molecular complexity index is 460. The van der Waals surface area contributed by atoms with Crippen LogP contribution in [-0.2, 0) is 4.79 Å². The molecule has 0 saturated heterocycles. The molecule has 98 valence electrons. The van der Waals surface area contributed by atoms with E-state index >= 15 is 0 Å². The van der Waals surface area contributed by atoms with Crippen LogP contribution in [0.15, 0.2) is 18.2 Å². The number of amides is 1. The number of anilines is 1. The maximum absolute atomic E-state index is 11.8. The predicted octanol–water partition coefficient (Wildman–Crippen LogP) is 1.70. The van der Waals surface area contributed by atoms with Crippen LogP contribution in [0.1, 0.15) is 12.5 Å². The number of carbonyl (C=O) groups excluding carboxylic acids is 1. The van der Waals surface area contributed by atoms with E-state index in [1.807, 2.05) is 6.92 Å². The van der Waals surface area contributed by atoms with Crippen LogP contribution in [0.25, 0.3) is 0 Å². The van der Waals surface area contributed by atoms with Gasteiger partial charge in [-0.2, -0.15) is 0 Å². The Hall–Kier alpha value is -1.95. The predicted molar refractivity (Wildman–Crippen MR) is 69.6 cm³/mol. The number of rotatable bonds is 5. The monoisotopic (exact) mass is 251 g/mol. The first-order valence-electron chi connectivity index (χ1n) is 5.66. The molecular formula is C12H17N3O3. The van der Waals surface area contributed by atoms with E-state index in [0.717, 1.165) is 5.56 Å². The third-order valence-electron chi connectivity index (χ3n) is 2.56. The van der Waals surface area contributed by atoms with Gasteiger partial charge in [0.2, 0.25) is 5.91 Å². The molecule has 1 aromatic carbocycles. The average Bonchev–Trinajstić information content (AvgIpc) is 2.28. The molecule has 0 aliphatic heterocycles. The number of benzene rings is 1. The van der Waals surface area contributed by atoms with Crippen molar-refractivity contribution in [3.05, 3.63) is 33.9 Å². The number of hydrogen-bond acceptors (Lipinski definition) is 4. The van der Waals surface area contributed by atoms with Crippen molar-refractivity contribution in [3.63, 3.8) is 0 Å². The lowest BCUT2D eigenvalue weighted by atomic mass is 10.1. The maximum Gasteiger partial charge on any atom is 0.292 e. The van der Waals surface area contributed by atoms with Gasteiger partial charge in [-0.3, -0.25) is 14.9 Å². The molecule has 0 fully saturated rings. The minimum atomic E-state index is -0.502. The van der Waals surface area contributed by atoms with E-state index in [0.29, 0.717) is 6.54 Å². The van der Waals surface area contributed by atoms with E-state index in [1.165, 1.54) is 6.07 Å². The average molecular weight is 251 g/mol. The van der Waals surface area contributed by atoms with Gasteiger partial charge in [0.25, 0.3) is 5.69 Å². The Kier molecular flexibility index (Phi) is 4.79. The number of aryl methyl sites for hydroxylation is 1. The van der Waals surface area contributed by atoms with Gasteiger partial charge in [0.1, 0.15) is 5.69 Å². The molecule has 0 aromatic heterocycles. The zero-order chi connectivity index (χ0) is 13.7. The van der Waals surface area contributed by atoms with Crippen LogP contribution >= 0.6 is 0 Å². The molecule has 0 aliphatic carbocycles. The van der Waals surface area contributed by atoms with E-state index in [1.54, 1.807) is 26.1 Å². The second-order valence-electron chi connectivity index (χ2n) is 4.23. The largest absolute Gasteiger partial charge is 0.320 e. The molecule has 1 atom stereocenters. The second-order valence-corrected chi connectivity index (χ2v) is 4.23. The van der Waals surface area contributed by atoms with Gasteiger partial charge in [-0.25, -0.2) is 0 Å². The fourth-order valence-electron chi connectivity index (χ4n) is 1.56. The smallest absolute Gasteiger partial charge is 0.292 e. The van der Waals surface area contributed by atoms with Crippen molar-refractivity contribution < 1.29 is 9.72 Å². The highest BCUT2D eigenvalue weighted by Gasteiger charge is 2.18. The van der Waals surface area contributed by atoms with Crippen LogP contribution in [0.5, 0.6) is 0 Å². The van der Waals surface area contributed by atoms with Crippen LogP contribution in [-0.4, -0.2) is 24.4 Å². The molecule has 1 amide bonds. The summed E-state index contributed by atoms with van der Waals surface area (Å²) in [6.07, 6.45) is 0. The van der Waals surface area contributed by atoms with Gasteiger partial charge in [0, 0.05) is 18.5 Å². The van der Waals surface area contributed by atoms with Crippen LogP contribution < -0.4 is 10.6 Å². The molecule has 0 bridgehead atoms. The number of nitrogens with one attached hydrogen (secondary N) is 2. The Morgan fingerprint density at radius 1 is 1.50 bits per heavy atom. The van der Waals surface area contributed by atoms with Crippen LogP contribution in [0.3, 0.4) is 0 Å². The van der Waals surface area contributed by atoms with Gasteiger partial charge < -0.3 is 10.6 Å². The summed E-state index contributed by atoms with van der Waals surface area (Å²) in [4.78, 5) is 22.2. The fourth-order valence-corrected chi connectivity index (χ4v) is 1.56. The lowest BCUT2D eigenvalue weighted by Gasteiger charge is -2.12. The standard InChI is InChI=1S/C12H17N3O3/c1-8-4-5-11(15(17)18)10(6-8)14-12(16)9(2)7-13-3/h4-6,9,13H,7H2,1-3H3,(H,14,16). The minimum absolute atomic E-state index is 0.0920. The minimum Gasteiger partial charge on any atom is -0.320 e. The van der Waals surface area contributed by atoms with Crippen LogP contribution in [0.4, 0.5) is 11.4 Å². The SMILES string of the molecule is CNCC(C)C(=O)Nc1cc(C)ccc1[N+](=O)[O-]. The highest BCUT2D eigenvalue weighted by atomic mass is 16.6. The van der Waals surface area contributed by atoms with Gasteiger partial charge in [0.15, 0.2) is 0 Å². The third kappa shape index (κ3) is 3.53. The summed E-state index contributed by atoms with van der Waals surface area (Å²) < 4.78 is 0. The topological polar surface area (TPSA) is 84.3 Å². The van der Waals surface area contributed by atoms with E-state index in [2.05, 4.69) is 10.6 Å². The zero-order valence-corrected chi connectivity index (χ0v) is 10.7. The molecule has 0 spiro atoms. The summed E-state index contributed by atoms with van der Waals surface area (Å²) >= 11 is 0. The molecule has 0 saturated carbocycles. The summed E-state index contributed by atoms with van der Waals surface area (Å²) in [6.45, 7) is 4.09. The summed E-state index contributed by atoms with van der Waals surface area (Å²) in [7, 11) is 1.75. The van der Waals surface area contributed by atoms with Gasteiger partial charge in [0.05, 0.1) is 4.92 Å². The van der Waals surface area contributed by atoms with Crippen molar-refractivity contribution in [1.82, 2.24) is 5.32 Å². The van der Waals surface area contributed by atoms with E-state index < -0.39 is 4.92 Å². The summed E-state index contributed by atoms with van der Waals surface area (Å²) in [5, 5.41) is 16.3. The molecule has 0 heterocycles. The normalized spacial score (nSPS) is 11.9. The maximum atomic E-state index is 11.8. The first kappa shape index (κ1) is 14.1. The van der Waals surface area contributed by atoms with Crippen molar-refractivity contribution in [2.24, 2.45) is 5.92 Å². The summed E-state index contributed by atoms with van der Waals surface area (Å²) in [5.41, 5.74) is 1.01. The van der Waals surface area contributed by atoms with Gasteiger partial charge in [-0.1, -0.05) is 13.0 Å². The molecule has 2 N–H and O–H groups in total. The van der Waals surface area contributed by atoms with Crippen LogP contribution in [0, 0.1) is 23.0 Å². The Labute approximate surface area is 106 Å². The fraction of sp³-hybridized carbons (Fsp3) is 0.417. The molecule has 1 rings (SSSR count). The molecule has 6 heteroatoms. The second kappa shape index (κ2) is 6.11. The van der Waals surface area contributed by atoms with Crippen molar-refractivity contribution in [1.29, 1.82) is 0 Å². The quantitative estimate of drug-likeness (QED) is 0.616. The van der Waals surface area contributed by atoms with Crippen molar-refractivity contribution in [2.75, 3.05) is 18.9 Å². The molecule has 1 aromatic rings. The van der Waals surface area contributed by atoms with Gasteiger partial charge in [-0.05, 0) is 25.6 Å². The van der Waals surface area contributed by atoms with Crippen molar-refractivity contribution in [3.8, 4) is 0 Å². The molecule has 18 heavy (non-hydrogen) atoms. The lowest BCUT2D eigenvalue weighted by molar-refractivity contribution is -0.383. The third-order valence-corrected chi connectivity index (χ3v) is 2.56. The molecule has 6 nitrogen and oxygen atoms in total. The number of nitro groups is 1. The van der Waals surface area contributed by atoms with Crippen molar-refractivity contribution in [2.45, 2.75) is 13.8 Å². The lowest BCUT2D eigenvalue weighted by Crippen LogP contribution is -2.28. The van der Waals surface area contributed by atoms with Gasteiger partial charge in [-0.15, -0.1) is 0 Å². The molecule has 0 aliphatic rings. The van der Waals surface area contributed by atoms with E-state index in [-0.39, 0.29) is 23.2 Å². The number of nitro benzene ring substituents is 1. The number of nitrogens with zero attached hydrogens (tertiary/aromatic N) is 1. The van der Waals surface area contributed by atoms with E-state index in [4.69, 9.17) is 0 Å². The molecule has 0 radical (unpaired) electrons. The Morgan fingerprint density at radius 2 is 2.17 bits per heavy atom. The number of hydrogen-bond donors (Lipinski definition) is 2. The van der Waals surface area contributed by atoms with Crippen molar-refractivity contribution >= 4 is 17.3 Å². The highest BCUT2D eigenvalue weighted by molar-refractivity contribution is 5.94.